The van der Waals surface area contributed by atoms with Gasteiger partial charge in [-0.05, 0) is 55.2 Å². The lowest BCUT2D eigenvalue weighted by Gasteiger charge is -2.43. The third-order valence-electron chi connectivity index (χ3n) is 12.5. The van der Waals surface area contributed by atoms with Gasteiger partial charge in [-0.25, -0.2) is 9.79 Å². The van der Waals surface area contributed by atoms with Crippen molar-refractivity contribution in [2.24, 2.45) is 28.7 Å². The molecule has 3 amide bonds. The molecule has 326 valence electrons. The Morgan fingerprint density at radius 2 is 1.75 bits per heavy atom. The summed E-state index contributed by atoms with van der Waals surface area (Å²) in [4.78, 5) is 61.7. The summed E-state index contributed by atoms with van der Waals surface area (Å²) in [5, 5.41) is 39.1. The van der Waals surface area contributed by atoms with Gasteiger partial charge in [-0.1, -0.05) is 51.1 Å². The molecule has 59 heavy (non-hydrogen) atoms. The number of hydrogen-bond acceptors (Lipinski definition) is 13. The molecular formula is C43H64N6O10. The van der Waals surface area contributed by atoms with E-state index in [2.05, 4.69) is 33.9 Å². The number of anilines is 1. The van der Waals surface area contributed by atoms with Crippen LogP contribution in [0.25, 0.3) is 0 Å². The number of aliphatic hydroxyl groups excluding tert-OH is 3. The number of aliphatic hydroxyl groups is 3. The molecule has 6 rings (SSSR count). The fourth-order valence-electron chi connectivity index (χ4n) is 8.78. The zero-order valence-corrected chi connectivity index (χ0v) is 35.3. The van der Waals surface area contributed by atoms with E-state index in [-0.39, 0.29) is 54.4 Å². The number of esters is 1. The molecule has 5 aliphatic rings. The number of carboxylic acid groups (broad SMARTS) is 1. The number of carbonyl (C=O) groups excluding carboxylic acids is 3. The Kier molecular flexibility index (Phi) is 15.9. The SMILES string of the molecule is CC[C@H](C)C(=O)O[C@H]1C[C@H](O)C=C2C=C[C@H](C)[C@H](CC[C@@H](O)C[C@@H](O)CC(=O)O)[C@H]21.COc1ccccc1N1CCN(CCN2C=NC3C2C(=O)N(C)C(=O)N3C)CC1. The molecule has 0 radical (unpaired) electrons. The molecule has 3 aliphatic heterocycles. The lowest BCUT2D eigenvalue weighted by atomic mass is 9.66. The maximum absolute atomic E-state index is 12.6. The van der Waals surface area contributed by atoms with Gasteiger partial charge in [-0.15, -0.1) is 0 Å². The smallest absolute Gasteiger partial charge is 0.328 e. The fraction of sp³-hybridized carbons (Fsp3) is 0.651. The normalized spacial score (nSPS) is 28.2. The molecule has 0 bridgehead atoms. The van der Waals surface area contributed by atoms with Crippen molar-refractivity contribution in [2.75, 3.05) is 65.4 Å². The van der Waals surface area contributed by atoms with E-state index in [1.54, 1.807) is 20.5 Å². The van der Waals surface area contributed by atoms with E-state index in [0.29, 0.717) is 32.2 Å². The van der Waals surface area contributed by atoms with Crippen LogP contribution in [0.4, 0.5) is 10.5 Å². The fourth-order valence-corrected chi connectivity index (χ4v) is 8.78. The van der Waals surface area contributed by atoms with E-state index < -0.39 is 42.6 Å². The van der Waals surface area contributed by atoms with Gasteiger partial charge in [0.05, 0.1) is 49.8 Å². The van der Waals surface area contributed by atoms with Gasteiger partial charge in [-0.2, -0.15) is 0 Å². The van der Waals surface area contributed by atoms with Crippen LogP contribution in [-0.2, 0) is 19.1 Å². The summed E-state index contributed by atoms with van der Waals surface area (Å²) in [5.41, 5.74) is 2.09. The number of benzene rings is 1. The predicted molar refractivity (Wildman–Crippen MR) is 222 cm³/mol. The second kappa shape index (κ2) is 20.6. The number of nitrogens with zero attached hydrogens (tertiary/aromatic N) is 6. The first kappa shape index (κ1) is 45.6. The Bertz CT molecular complexity index is 1710. The number of likely N-dealkylation sites (N-methyl/N-ethyl adjacent to an activating group) is 2. The van der Waals surface area contributed by atoms with Crippen molar-refractivity contribution in [3.8, 4) is 5.75 Å². The molecule has 0 saturated carbocycles. The highest BCUT2D eigenvalue weighted by Gasteiger charge is 2.48. The standard InChI is InChI=1S/C23H36O7.C20H28N6O3/c1-4-13(2)23(29)30-20-11-17(25)9-15-6-5-14(3)19(22(15)20)8-7-16(24)10-18(26)12-21(27)28;1-22-18-17(19(27)23(2)20(22)28)26(14-21-18)13-10-24-8-11-25(12-9-24)15-6-4-5-7-16(15)29-3/h5-6,9,13-14,16-20,22,24-26H,4,7-8,10-12H2,1-3H3,(H,27,28);4-7,14,17-18H,8-13H2,1-3H3/t13-,14-,16+,17+,18+,19-,20-,22-;/m0./s1. The second-order valence-electron chi connectivity index (χ2n) is 16.5. The first-order chi connectivity index (χ1) is 28.1. The summed E-state index contributed by atoms with van der Waals surface area (Å²) in [6, 6.07) is 7.38. The van der Waals surface area contributed by atoms with Gasteiger partial charge in [0.2, 0.25) is 0 Å². The second-order valence-corrected chi connectivity index (χ2v) is 16.5. The maximum atomic E-state index is 12.6. The number of amides is 3. The number of hydrogen-bond donors (Lipinski definition) is 4. The number of ether oxygens (including phenoxy) is 2. The number of aliphatic carboxylic acids is 1. The van der Waals surface area contributed by atoms with E-state index in [4.69, 9.17) is 14.6 Å². The summed E-state index contributed by atoms with van der Waals surface area (Å²) in [6.45, 7) is 11.2. The molecule has 16 nitrogen and oxygen atoms in total. The van der Waals surface area contributed by atoms with Gasteiger partial charge >= 0.3 is 18.0 Å². The number of carbonyl (C=O) groups is 4. The van der Waals surface area contributed by atoms with Gasteiger partial charge in [-0.3, -0.25) is 24.2 Å². The van der Waals surface area contributed by atoms with E-state index in [1.807, 2.05) is 49.1 Å². The molecule has 2 aliphatic carbocycles. The van der Waals surface area contributed by atoms with Crippen LogP contribution >= 0.6 is 0 Å². The van der Waals surface area contributed by atoms with Crippen LogP contribution in [0.3, 0.4) is 0 Å². The number of piperazine rings is 1. The Morgan fingerprint density at radius 3 is 2.42 bits per heavy atom. The van der Waals surface area contributed by atoms with Crippen molar-refractivity contribution in [2.45, 2.75) is 95.9 Å². The van der Waals surface area contributed by atoms with Gasteiger partial charge in [0.25, 0.3) is 5.91 Å². The number of urea groups is 1. The van der Waals surface area contributed by atoms with Gasteiger partial charge in [0, 0.05) is 65.7 Å². The minimum Gasteiger partial charge on any atom is -0.495 e. The lowest BCUT2D eigenvalue weighted by Crippen LogP contribution is -2.64. The highest BCUT2D eigenvalue weighted by atomic mass is 16.5. The average molecular weight is 825 g/mol. The number of para-hydroxylation sites is 2. The van der Waals surface area contributed by atoms with E-state index in [9.17, 15) is 34.5 Å². The minimum absolute atomic E-state index is 0.0156. The van der Waals surface area contributed by atoms with Crippen LogP contribution in [0, 0.1) is 23.7 Å². The highest BCUT2D eigenvalue weighted by Crippen LogP contribution is 2.44. The summed E-state index contributed by atoms with van der Waals surface area (Å²) >= 11 is 0. The monoisotopic (exact) mass is 824 g/mol. The van der Waals surface area contributed by atoms with E-state index >= 15 is 0 Å². The van der Waals surface area contributed by atoms with Crippen LogP contribution in [0.2, 0.25) is 0 Å². The third-order valence-corrected chi connectivity index (χ3v) is 12.5. The topological polar surface area (TPSA) is 196 Å². The van der Waals surface area contributed by atoms with Crippen molar-refractivity contribution in [3.05, 3.63) is 48.1 Å². The molecule has 0 spiro atoms. The molecule has 3 heterocycles. The number of imide groups is 1. The van der Waals surface area contributed by atoms with E-state index in [0.717, 1.165) is 49.7 Å². The molecule has 10 atom stereocenters. The molecular weight excluding hydrogens is 761 g/mol. The Hall–Kier alpha value is -4.51. The van der Waals surface area contributed by atoms with Crippen LogP contribution in [0.5, 0.6) is 5.75 Å². The molecule has 0 aromatic heterocycles. The summed E-state index contributed by atoms with van der Waals surface area (Å²) in [5.74, 6) is -0.592. The Balaban J connectivity index is 0.000000224. The van der Waals surface area contributed by atoms with Crippen molar-refractivity contribution < 1.29 is 49.1 Å². The number of methoxy groups -OCH3 is 1. The zero-order valence-electron chi connectivity index (χ0n) is 35.3. The summed E-state index contributed by atoms with van der Waals surface area (Å²) in [7, 11) is 4.93. The van der Waals surface area contributed by atoms with Gasteiger partial charge < -0.3 is 44.6 Å². The average Bonchev–Trinajstić information content (AvgIpc) is 3.65. The molecule has 4 N–H and O–H groups in total. The quantitative estimate of drug-likeness (QED) is 0.189. The molecule has 2 saturated heterocycles. The first-order valence-corrected chi connectivity index (χ1v) is 20.9. The Labute approximate surface area is 347 Å². The van der Waals surface area contributed by atoms with Crippen molar-refractivity contribution in [3.63, 3.8) is 0 Å². The van der Waals surface area contributed by atoms with Crippen LogP contribution < -0.4 is 9.64 Å². The first-order valence-electron chi connectivity index (χ1n) is 20.9. The molecule has 2 fully saturated rings. The van der Waals surface area contributed by atoms with Crippen molar-refractivity contribution in [1.82, 2.24) is 19.6 Å². The number of fused-ring (bicyclic) bond motifs is 2. The maximum Gasteiger partial charge on any atom is 0.328 e. The number of aliphatic imine (C=N–C) groups is 1. The van der Waals surface area contributed by atoms with Crippen molar-refractivity contribution in [1.29, 1.82) is 0 Å². The molecule has 16 heteroatoms. The lowest BCUT2D eigenvalue weighted by molar-refractivity contribution is -0.159. The predicted octanol–water partition coefficient (Wildman–Crippen LogP) is 2.82. The Morgan fingerprint density at radius 1 is 1.03 bits per heavy atom. The number of carboxylic acids is 1. The third kappa shape index (κ3) is 11.2. The van der Waals surface area contributed by atoms with E-state index in [1.165, 1.54) is 16.8 Å². The molecule has 1 aromatic rings. The number of rotatable bonds is 15. The zero-order chi connectivity index (χ0) is 43.0. The van der Waals surface area contributed by atoms with Gasteiger partial charge in [0.1, 0.15) is 11.9 Å². The molecule has 1 aromatic carbocycles. The molecule has 2 unspecified atom stereocenters. The van der Waals surface area contributed by atoms with Crippen LogP contribution in [0.15, 0.2) is 53.1 Å². The van der Waals surface area contributed by atoms with Crippen LogP contribution in [0.1, 0.15) is 59.3 Å². The summed E-state index contributed by atoms with van der Waals surface area (Å²) < 4.78 is 11.3. The summed E-state index contributed by atoms with van der Waals surface area (Å²) in [6.07, 6.45) is 5.94. The highest BCUT2D eigenvalue weighted by molar-refractivity contribution is 6.01. The minimum atomic E-state index is -1.10. The van der Waals surface area contributed by atoms with Gasteiger partial charge in [0.15, 0.2) is 12.2 Å². The number of allylic oxidation sites excluding steroid dienone is 2. The van der Waals surface area contributed by atoms with Crippen molar-refractivity contribution >= 4 is 35.9 Å². The van der Waals surface area contributed by atoms with Crippen LogP contribution in [-0.4, -0.2) is 167 Å². The largest absolute Gasteiger partial charge is 0.495 e.